The van der Waals surface area contributed by atoms with Gasteiger partial charge >= 0.3 is 6.03 Å². The van der Waals surface area contributed by atoms with Gasteiger partial charge in [0.05, 0.1) is 12.9 Å². The summed E-state index contributed by atoms with van der Waals surface area (Å²) in [5.74, 6) is -0.335. The maximum atomic E-state index is 12.0. The highest BCUT2D eigenvalue weighted by Crippen LogP contribution is 2.32. The van der Waals surface area contributed by atoms with Gasteiger partial charge in [0, 0.05) is 6.42 Å². The third kappa shape index (κ3) is 3.94. The number of hydrogen-bond donors (Lipinski definition) is 5. The lowest BCUT2D eigenvalue weighted by atomic mass is 10.1. The molecule has 1 saturated heterocycles. The average molecular weight is 394 g/mol. The normalized spacial score (nSPS) is 24.4. The van der Waals surface area contributed by atoms with Gasteiger partial charge in [-0.1, -0.05) is 13.3 Å². The van der Waals surface area contributed by atoms with Crippen LogP contribution >= 0.6 is 0 Å². The van der Waals surface area contributed by atoms with E-state index in [0.29, 0.717) is 6.42 Å². The van der Waals surface area contributed by atoms with E-state index in [4.69, 9.17) is 4.74 Å². The summed E-state index contributed by atoms with van der Waals surface area (Å²) >= 11 is 0. The molecule has 0 unspecified atom stereocenters. The molecule has 1 fully saturated rings. The molecule has 0 saturated carbocycles. The first-order valence-electron chi connectivity index (χ1n) is 8.87. The summed E-state index contributed by atoms with van der Waals surface area (Å²) in [5, 5.41) is 34.0. The van der Waals surface area contributed by atoms with E-state index < -0.39 is 43.1 Å². The van der Waals surface area contributed by atoms with Gasteiger partial charge in [-0.25, -0.2) is 19.7 Å². The van der Waals surface area contributed by atoms with Gasteiger partial charge < -0.3 is 20.1 Å². The van der Waals surface area contributed by atoms with Crippen molar-refractivity contribution in [2.24, 2.45) is 0 Å². The van der Waals surface area contributed by atoms with Crippen molar-refractivity contribution < 1.29 is 29.6 Å². The van der Waals surface area contributed by atoms with Crippen molar-refractivity contribution in [3.63, 3.8) is 0 Å². The molecule has 0 bridgehead atoms. The number of aliphatic hydroxyl groups is 3. The van der Waals surface area contributed by atoms with Crippen LogP contribution in [-0.2, 0) is 9.53 Å². The fraction of sp³-hybridized carbons (Fsp3) is 0.562. The number of imidazole rings is 1. The van der Waals surface area contributed by atoms with E-state index in [9.17, 15) is 24.9 Å². The number of unbranched alkanes of at least 4 members (excludes halogenated alkanes) is 1. The van der Waals surface area contributed by atoms with E-state index in [0.717, 1.165) is 6.42 Å². The van der Waals surface area contributed by atoms with E-state index in [1.54, 1.807) is 0 Å². The molecule has 0 aliphatic carbocycles. The lowest BCUT2D eigenvalue weighted by Crippen LogP contribution is -2.34. The fourth-order valence-corrected chi connectivity index (χ4v) is 2.90. The summed E-state index contributed by atoms with van der Waals surface area (Å²) < 4.78 is 6.84. The molecule has 0 radical (unpaired) electrons. The van der Waals surface area contributed by atoms with Gasteiger partial charge in [-0.15, -0.1) is 0 Å². The van der Waals surface area contributed by atoms with Gasteiger partial charge in [0.1, 0.15) is 24.6 Å². The summed E-state index contributed by atoms with van der Waals surface area (Å²) in [6, 6.07) is -0.747. The largest absolute Gasteiger partial charge is 0.394 e. The van der Waals surface area contributed by atoms with Crippen molar-refractivity contribution in [2.75, 3.05) is 11.9 Å². The molecule has 0 spiro atoms. The highest BCUT2D eigenvalue weighted by Gasteiger charge is 2.44. The lowest BCUT2D eigenvalue weighted by Gasteiger charge is -2.16. The van der Waals surface area contributed by atoms with Crippen LogP contribution in [0.5, 0.6) is 0 Å². The minimum atomic E-state index is -1.31. The van der Waals surface area contributed by atoms with Crippen molar-refractivity contribution in [2.45, 2.75) is 50.7 Å². The summed E-state index contributed by atoms with van der Waals surface area (Å²) in [5.41, 5.74) is 0.439. The SMILES string of the molecule is CCCCC(=O)NC(=O)Nc1ncnc2c1ncn2[C@@H]1O[C@H](CO)[C@@H](O)[C@H]1O. The molecule has 152 valence electrons. The number of nitrogens with one attached hydrogen (secondary N) is 2. The molecule has 5 N–H and O–H groups in total. The van der Waals surface area contributed by atoms with Crippen molar-refractivity contribution in [3.05, 3.63) is 12.7 Å². The van der Waals surface area contributed by atoms with E-state index >= 15 is 0 Å². The summed E-state index contributed by atoms with van der Waals surface area (Å²) in [6.07, 6.45) is -0.312. The number of urea groups is 1. The summed E-state index contributed by atoms with van der Waals surface area (Å²) in [4.78, 5) is 35.8. The number of rotatable bonds is 6. The second-order valence-electron chi connectivity index (χ2n) is 6.38. The minimum absolute atomic E-state index is 0.0660. The molecule has 2 aromatic heterocycles. The third-order valence-electron chi connectivity index (χ3n) is 4.39. The number of anilines is 1. The van der Waals surface area contributed by atoms with Crippen LogP contribution in [0.4, 0.5) is 10.6 Å². The highest BCUT2D eigenvalue weighted by atomic mass is 16.6. The standard InChI is InChI=1S/C16H22N6O6/c1-2-3-4-9(24)20-16(27)21-13-10-14(18-6-17-13)22(7-19-10)15-12(26)11(25)8(5-23)28-15/h6-8,11-12,15,23,25-26H,2-5H2,1H3,(H2,17,18,20,21,24,27)/t8-,11-,12-,15-/m1/s1. The molecule has 0 aromatic carbocycles. The number of imide groups is 1. The van der Waals surface area contributed by atoms with Gasteiger partial charge in [0.25, 0.3) is 0 Å². The van der Waals surface area contributed by atoms with Crippen LogP contribution in [0.3, 0.4) is 0 Å². The second kappa shape index (κ2) is 8.56. The zero-order valence-electron chi connectivity index (χ0n) is 15.1. The Morgan fingerprint density at radius 1 is 1.25 bits per heavy atom. The van der Waals surface area contributed by atoms with E-state index in [2.05, 4.69) is 25.6 Å². The quantitative estimate of drug-likeness (QED) is 0.424. The number of nitrogens with zero attached hydrogens (tertiary/aromatic N) is 4. The lowest BCUT2D eigenvalue weighted by molar-refractivity contribution is -0.120. The Morgan fingerprint density at radius 3 is 2.71 bits per heavy atom. The number of carbonyl (C=O) groups is 2. The zero-order valence-corrected chi connectivity index (χ0v) is 15.1. The topological polar surface area (TPSA) is 172 Å². The Balaban J connectivity index is 1.78. The molecule has 3 amide bonds. The maximum absolute atomic E-state index is 12.0. The van der Waals surface area contributed by atoms with Crippen molar-refractivity contribution >= 4 is 28.9 Å². The van der Waals surface area contributed by atoms with E-state index in [-0.39, 0.29) is 23.4 Å². The molecular formula is C16H22N6O6. The molecule has 1 aliphatic heterocycles. The van der Waals surface area contributed by atoms with E-state index in [1.807, 2.05) is 6.92 Å². The highest BCUT2D eigenvalue weighted by molar-refractivity contribution is 6.03. The van der Waals surface area contributed by atoms with Crippen molar-refractivity contribution in [3.8, 4) is 0 Å². The summed E-state index contributed by atoms with van der Waals surface area (Å²) in [6.45, 7) is 1.48. The molecule has 2 aromatic rings. The smallest absolute Gasteiger partial charge is 0.327 e. The number of hydrogen-bond acceptors (Lipinski definition) is 9. The average Bonchev–Trinajstić information content (AvgIpc) is 3.22. The van der Waals surface area contributed by atoms with Crippen LogP contribution in [0.25, 0.3) is 11.2 Å². The zero-order chi connectivity index (χ0) is 20.3. The number of fused-ring (bicyclic) bond motifs is 1. The number of aromatic nitrogens is 4. The molecule has 3 heterocycles. The molecule has 4 atom stereocenters. The van der Waals surface area contributed by atoms with Crippen LogP contribution in [0.15, 0.2) is 12.7 Å². The minimum Gasteiger partial charge on any atom is -0.394 e. The molecule has 28 heavy (non-hydrogen) atoms. The fourth-order valence-electron chi connectivity index (χ4n) is 2.90. The molecule has 3 rings (SSSR count). The number of ether oxygens (including phenoxy) is 1. The van der Waals surface area contributed by atoms with Crippen molar-refractivity contribution in [1.82, 2.24) is 24.8 Å². The third-order valence-corrected chi connectivity index (χ3v) is 4.39. The predicted molar refractivity (Wildman–Crippen MR) is 95.0 cm³/mol. The molecule has 12 nitrogen and oxygen atoms in total. The van der Waals surface area contributed by atoms with Crippen LogP contribution in [-0.4, -0.2) is 71.7 Å². The first-order chi connectivity index (χ1) is 13.5. The van der Waals surface area contributed by atoms with Crippen LogP contribution in [0.2, 0.25) is 0 Å². The number of aliphatic hydroxyl groups excluding tert-OH is 3. The van der Waals surface area contributed by atoms with Crippen LogP contribution in [0.1, 0.15) is 32.4 Å². The van der Waals surface area contributed by atoms with Gasteiger partial charge in [0.15, 0.2) is 23.2 Å². The van der Waals surface area contributed by atoms with Gasteiger partial charge in [-0.2, -0.15) is 0 Å². The first-order valence-corrected chi connectivity index (χ1v) is 8.87. The maximum Gasteiger partial charge on any atom is 0.327 e. The van der Waals surface area contributed by atoms with Gasteiger partial charge in [-0.05, 0) is 6.42 Å². The number of amides is 3. The Morgan fingerprint density at radius 2 is 2.04 bits per heavy atom. The number of carbonyl (C=O) groups excluding carboxylic acids is 2. The Hall–Kier alpha value is -2.67. The Labute approximate surface area is 159 Å². The van der Waals surface area contributed by atoms with Gasteiger partial charge in [-0.3, -0.25) is 20.0 Å². The monoisotopic (exact) mass is 394 g/mol. The van der Waals surface area contributed by atoms with E-state index in [1.165, 1.54) is 17.2 Å². The predicted octanol–water partition coefficient (Wildman–Crippen LogP) is -0.724. The molecule has 1 aliphatic rings. The molecule has 12 heteroatoms. The summed E-state index contributed by atoms with van der Waals surface area (Å²) in [7, 11) is 0. The van der Waals surface area contributed by atoms with Gasteiger partial charge in [0.2, 0.25) is 5.91 Å². The second-order valence-corrected chi connectivity index (χ2v) is 6.38. The molecular weight excluding hydrogens is 372 g/mol. The first kappa shape index (κ1) is 20.1. The van der Waals surface area contributed by atoms with Crippen LogP contribution in [0, 0.1) is 0 Å². The Bertz CT molecular complexity index is 857. The Kier molecular flexibility index (Phi) is 6.14. The van der Waals surface area contributed by atoms with Crippen LogP contribution < -0.4 is 10.6 Å². The van der Waals surface area contributed by atoms with Crippen molar-refractivity contribution in [1.29, 1.82) is 0 Å².